The van der Waals surface area contributed by atoms with E-state index < -0.39 is 0 Å². The zero-order valence-corrected chi connectivity index (χ0v) is 11.4. The van der Waals surface area contributed by atoms with Crippen LogP contribution in [0.2, 0.25) is 0 Å². The van der Waals surface area contributed by atoms with Crippen LogP contribution in [0.5, 0.6) is 5.75 Å². The van der Waals surface area contributed by atoms with Crippen LogP contribution in [0.1, 0.15) is 17.2 Å². The van der Waals surface area contributed by atoms with Gasteiger partial charge in [0.1, 0.15) is 11.6 Å². The van der Waals surface area contributed by atoms with Crippen LogP contribution in [0.3, 0.4) is 0 Å². The van der Waals surface area contributed by atoms with Gasteiger partial charge in [0.25, 0.3) is 0 Å². The second kappa shape index (κ2) is 7.03. The van der Waals surface area contributed by atoms with Gasteiger partial charge in [-0.2, -0.15) is 0 Å². The first-order chi connectivity index (χ1) is 9.72. The Balaban J connectivity index is 1.99. The number of halogens is 1. The summed E-state index contributed by atoms with van der Waals surface area (Å²) in [5.74, 6) is 0.517. The molecule has 2 N–H and O–H groups in total. The normalized spacial score (nSPS) is 12.2. The van der Waals surface area contributed by atoms with Crippen molar-refractivity contribution >= 4 is 0 Å². The van der Waals surface area contributed by atoms with E-state index in [1.54, 1.807) is 13.2 Å². The summed E-state index contributed by atoms with van der Waals surface area (Å²) in [6.07, 6.45) is -0.312. The smallest absolute Gasteiger partial charge is 0.123 e. The zero-order chi connectivity index (χ0) is 14.4. The lowest BCUT2D eigenvalue weighted by Crippen LogP contribution is -2.16. The zero-order valence-electron chi connectivity index (χ0n) is 11.4. The molecule has 1 atom stereocenters. The monoisotopic (exact) mass is 275 g/mol. The van der Waals surface area contributed by atoms with Gasteiger partial charge in [-0.25, -0.2) is 4.39 Å². The predicted octanol–water partition coefficient (Wildman–Crippen LogP) is 3.05. The summed E-state index contributed by atoms with van der Waals surface area (Å²) in [6.45, 7) is 0.724. The molecule has 2 rings (SSSR count). The molecule has 4 heteroatoms. The molecule has 2 aromatic rings. The van der Waals surface area contributed by atoms with Gasteiger partial charge in [-0.1, -0.05) is 24.3 Å². The minimum atomic E-state index is -0.312. The van der Waals surface area contributed by atoms with E-state index in [1.807, 2.05) is 30.3 Å². The molecule has 1 unspecified atom stereocenters. The van der Waals surface area contributed by atoms with Crippen molar-refractivity contribution in [3.63, 3.8) is 0 Å². The van der Waals surface area contributed by atoms with Crippen LogP contribution in [0.4, 0.5) is 4.39 Å². The molecule has 3 nitrogen and oxygen atoms in total. The third-order valence-corrected chi connectivity index (χ3v) is 3.04. The Morgan fingerprint density at radius 2 is 1.90 bits per heavy atom. The lowest BCUT2D eigenvalue weighted by atomic mass is 10.1. The van der Waals surface area contributed by atoms with Crippen LogP contribution in [-0.4, -0.2) is 13.7 Å². The lowest BCUT2D eigenvalue weighted by Gasteiger charge is -2.16. The van der Waals surface area contributed by atoms with Gasteiger partial charge in [-0.3, -0.25) is 0 Å². The van der Waals surface area contributed by atoms with E-state index in [0.717, 1.165) is 16.9 Å². The maximum Gasteiger partial charge on any atom is 0.123 e. The Kier molecular flexibility index (Phi) is 5.09. The van der Waals surface area contributed by atoms with Crippen LogP contribution in [0.15, 0.2) is 48.5 Å². The Morgan fingerprint density at radius 3 is 2.50 bits per heavy atom. The molecule has 20 heavy (non-hydrogen) atoms. The molecule has 2 aromatic carbocycles. The highest BCUT2D eigenvalue weighted by Crippen LogP contribution is 2.20. The SMILES string of the molecule is COc1ccc(COC(CN)c2cccc(F)c2)cc1. The van der Waals surface area contributed by atoms with E-state index in [-0.39, 0.29) is 11.9 Å². The quantitative estimate of drug-likeness (QED) is 0.881. The number of benzene rings is 2. The lowest BCUT2D eigenvalue weighted by molar-refractivity contribution is 0.0454. The summed E-state index contributed by atoms with van der Waals surface area (Å²) in [5.41, 5.74) is 7.46. The number of rotatable bonds is 6. The Labute approximate surface area is 118 Å². The van der Waals surface area contributed by atoms with Crippen molar-refractivity contribution in [2.24, 2.45) is 5.73 Å². The molecule has 0 heterocycles. The van der Waals surface area contributed by atoms with Crippen molar-refractivity contribution in [1.82, 2.24) is 0 Å². The molecule has 0 fully saturated rings. The molecule has 0 saturated heterocycles. The second-order valence-corrected chi connectivity index (χ2v) is 4.44. The average Bonchev–Trinajstić information content (AvgIpc) is 2.48. The molecule has 0 spiro atoms. The van der Waals surface area contributed by atoms with Gasteiger partial charge in [0.05, 0.1) is 19.8 Å². The largest absolute Gasteiger partial charge is 0.497 e. The van der Waals surface area contributed by atoms with Crippen molar-refractivity contribution in [3.05, 3.63) is 65.5 Å². The summed E-state index contributed by atoms with van der Waals surface area (Å²) >= 11 is 0. The highest BCUT2D eigenvalue weighted by atomic mass is 19.1. The third kappa shape index (κ3) is 3.79. The molecule has 0 aliphatic carbocycles. The minimum absolute atomic E-state index is 0.283. The molecule has 0 aliphatic heterocycles. The van der Waals surface area contributed by atoms with Crippen molar-refractivity contribution in [1.29, 1.82) is 0 Å². The number of hydrogen-bond donors (Lipinski definition) is 1. The Morgan fingerprint density at radius 1 is 1.15 bits per heavy atom. The molecular formula is C16H18FNO2. The Hall–Kier alpha value is -1.91. The Bertz CT molecular complexity index is 542. The summed E-state index contributed by atoms with van der Waals surface area (Å²) in [4.78, 5) is 0. The average molecular weight is 275 g/mol. The van der Waals surface area contributed by atoms with Crippen molar-refractivity contribution < 1.29 is 13.9 Å². The van der Waals surface area contributed by atoms with Gasteiger partial charge >= 0.3 is 0 Å². The third-order valence-electron chi connectivity index (χ3n) is 3.04. The first-order valence-electron chi connectivity index (χ1n) is 6.43. The van der Waals surface area contributed by atoms with Crippen LogP contribution in [-0.2, 0) is 11.3 Å². The van der Waals surface area contributed by atoms with Crippen molar-refractivity contribution in [2.75, 3.05) is 13.7 Å². The fourth-order valence-corrected chi connectivity index (χ4v) is 1.93. The predicted molar refractivity (Wildman–Crippen MR) is 76.0 cm³/mol. The maximum absolute atomic E-state index is 13.2. The first-order valence-corrected chi connectivity index (χ1v) is 6.43. The summed E-state index contributed by atoms with van der Waals surface area (Å²) in [7, 11) is 1.62. The van der Waals surface area contributed by atoms with Gasteiger partial charge in [-0.15, -0.1) is 0 Å². The van der Waals surface area contributed by atoms with E-state index >= 15 is 0 Å². The van der Waals surface area contributed by atoms with Gasteiger partial charge < -0.3 is 15.2 Å². The number of nitrogens with two attached hydrogens (primary N) is 1. The molecule has 106 valence electrons. The summed E-state index contributed by atoms with van der Waals surface area (Å²) in [5, 5.41) is 0. The van der Waals surface area contributed by atoms with Crippen LogP contribution in [0, 0.1) is 5.82 Å². The van der Waals surface area contributed by atoms with E-state index in [0.29, 0.717) is 13.2 Å². The standard InChI is InChI=1S/C16H18FNO2/c1-19-15-7-5-12(6-8-15)11-20-16(10-18)13-3-2-4-14(17)9-13/h2-9,16H,10-11,18H2,1H3. The fraction of sp³-hybridized carbons (Fsp3) is 0.250. The fourth-order valence-electron chi connectivity index (χ4n) is 1.93. The van der Waals surface area contributed by atoms with E-state index in [9.17, 15) is 4.39 Å². The first kappa shape index (κ1) is 14.5. The summed E-state index contributed by atoms with van der Waals surface area (Å²) in [6, 6.07) is 13.9. The van der Waals surface area contributed by atoms with E-state index in [1.165, 1.54) is 12.1 Å². The van der Waals surface area contributed by atoms with Crippen LogP contribution >= 0.6 is 0 Å². The number of methoxy groups -OCH3 is 1. The molecule has 0 saturated carbocycles. The highest BCUT2D eigenvalue weighted by molar-refractivity contribution is 5.27. The number of ether oxygens (including phenoxy) is 2. The topological polar surface area (TPSA) is 44.5 Å². The highest BCUT2D eigenvalue weighted by Gasteiger charge is 2.11. The van der Waals surface area contributed by atoms with Crippen LogP contribution in [0.25, 0.3) is 0 Å². The van der Waals surface area contributed by atoms with E-state index in [4.69, 9.17) is 15.2 Å². The maximum atomic E-state index is 13.2. The van der Waals surface area contributed by atoms with Crippen molar-refractivity contribution in [3.8, 4) is 5.75 Å². The van der Waals surface area contributed by atoms with E-state index in [2.05, 4.69) is 0 Å². The molecule has 0 radical (unpaired) electrons. The minimum Gasteiger partial charge on any atom is -0.497 e. The molecule has 0 aromatic heterocycles. The van der Waals surface area contributed by atoms with Gasteiger partial charge in [0.2, 0.25) is 0 Å². The van der Waals surface area contributed by atoms with Gasteiger partial charge in [0.15, 0.2) is 0 Å². The molecule has 0 amide bonds. The van der Waals surface area contributed by atoms with Gasteiger partial charge in [0, 0.05) is 6.54 Å². The number of hydrogen-bond acceptors (Lipinski definition) is 3. The molecular weight excluding hydrogens is 257 g/mol. The van der Waals surface area contributed by atoms with Crippen LogP contribution < -0.4 is 10.5 Å². The molecule has 0 bridgehead atoms. The second-order valence-electron chi connectivity index (χ2n) is 4.44. The van der Waals surface area contributed by atoms with Crippen molar-refractivity contribution in [2.45, 2.75) is 12.7 Å². The molecule has 0 aliphatic rings. The summed E-state index contributed by atoms with van der Waals surface area (Å²) < 4.78 is 24.1. The van der Waals surface area contributed by atoms with Gasteiger partial charge in [-0.05, 0) is 35.4 Å².